The highest BCUT2D eigenvalue weighted by molar-refractivity contribution is 4.83. The van der Waals surface area contributed by atoms with Crippen LogP contribution in [0.15, 0.2) is 0 Å². The predicted molar refractivity (Wildman–Crippen MR) is 31.3 cm³/mol. The molecule has 0 saturated heterocycles. The number of aliphatic hydroxyl groups excluding tert-OH is 3. The Hall–Kier alpha value is -0.200. The van der Waals surface area contributed by atoms with Gasteiger partial charge in [-0.05, 0) is 0 Å². The second-order valence-corrected chi connectivity index (χ2v) is 1.90. The van der Waals surface area contributed by atoms with Crippen molar-refractivity contribution in [3.8, 4) is 0 Å². The van der Waals surface area contributed by atoms with Gasteiger partial charge >= 0.3 is 0 Å². The zero-order valence-electron chi connectivity index (χ0n) is 5.04. The molecule has 0 aliphatic carbocycles. The molecule has 0 bridgehead atoms. The van der Waals surface area contributed by atoms with Crippen LogP contribution in [0.1, 0.15) is 0 Å². The van der Waals surface area contributed by atoms with E-state index in [1.165, 1.54) is 0 Å². The van der Waals surface area contributed by atoms with Crippen molar-refractivity contribution < 1.29 is 15.3 Å². The molecule has 0 aromatic heterocycles. The molecule has 0 heterocycles. The first-order valence-electron chi connectivity index (χ1n) is 2.55. The number of hydrogen-bond donors (Lipinski definition) is 5. The molecule has 5 nitrogen and oxygen atoms in total. The molecule has 0 atom stereocenters. The zero-order valence-corrected chi connectivity index (χ0v) is 5.04. The molecule has 9 heavy (non-hydrogen) atoms. The Balaban J connectivity index is 3.82. The van der Waals surface area contributed by atoms with Crippen LogP contribution in [-0.4, -0.2) is 40.7 Å². The summed E-state index contributed by atoms with van der Waals surface area (Å²) in [5.74, 6) is 4.91. The van der Waals surface area contributed by atoms with E-state index in [-0.39, 0.29) is 0 Å². The topological polar surface area (TPSA) is 98.7 Å². The molecule has 6 N–H and O–H groups in total. The lowest BCUT2D eigenvalue weighted by molar-refractivity contribution is 0.0429. The fraction of sp³-hybridized carbons (Fsp3) is 1.00. The lowest BCUT2D eigenvalue weighted by atomic mass is 10.1. The first-order valence-corrected chi connectivity index (χ1v) is 2.55. The third-order valence-corrected chi connectivity index (χ3v) is 1.21. The van der Waals surface area contributed by atoms with Crippen molar-refractivity contribution in [3.63, 3.8) is 0 Å². The molecule has 0 fully saturated rings. The fourth-order valence-corrected chi connectivity index (χ4v) is 0.287. The van der Waals surface area contributed by atoms with Crippen LogP contribution in [0.2, 0.25) is 0 Å². The molecule has 0 aromatic rings. The van der Waals surface area contributed by atoms with E-state index in [1.54, 1.807) is 0 Å². The number of aliphatic hydroxyl groups is 3. The largest absolute Gasteiger partial charge is 0.394 e. The van der Waals surface area contributed by atoms with Crippen molar-refractivity contribution >= 4 is 0 Å². The standard InChI is InChI=1S/C4H12N2O3/c5-6-4(1-7,2-8)3-9/h6-9H,1-3,5H2. The van der Waals surface area contributed by atoms with Gasteiger partial charge in [0.05, 0.1) is 19.8 Å². The van der Waals surface area contributed by atoms with E-state index in [9.17, 15) is 0 Å². The highest BCUT2D eigenvalue weighted by atomic mass is 16.3. The first kappa shape index (κ1) is 8.80. The summed E-state index contributed by atoms with van der Waals surface area (Å²) >= 11 is 0. The molecule has 0 rings (SSSR count). The summed E-state index contributed by atoms with van der Waals surface area (Å²) in [5, 5.41) is 25.5. The molecule has 0 aliphatic rings. The predicted octanol–water partition coefficient (Wildman–Crippen LogP) is -2.83. The van der Waals surface area contributed by atoms with Crippen LogP contribution < -0.4 is 11.3 Å². The monoisotopic (exact) mass is 136 g/mol. The van der Waals surface area contributed by atoms with E-state index in [4.69, 9.17) is 21.2 Å². The summed E-state index contributed by atoms with van der Waals surface area (Å²) in [6.45, 7) is -1.18. The van der Waals surface area contributed by atoms with Gasteiger partial charge in [0.2, 0.25) is 0 Å². The fourth-order valence-electron chi connectivity index (χ4n) is 0.287. The third kappa shape index (κ3) is 1.88. The lowest BCUT2D eigenvalue weighted by Gasteiger charge is -2.25. The maximum Gasteiger partial charge on any atom is 0.101 e. The highest BCUT2D eigenvalue weighted by Gasteiger charge is 2.25. The van der Waals surface area contributed by atoms with E-state index < -0.39 is 25.4 Å². The Labute approximate surface area is 53.1 Å². The van der Waals surface area contributed by atoms with Crippen LogP contribution in [-0.2, 0) is 0 Å². The summed E-state index contributed by atoms with van der Waals surface area (Å²) in [6.07, 6.45) is 0. The van der Waals surface area contributed by atoms with Crippen molar-refractivity contribution in [1.82, 2.24) is 5.43 Å². The van der Waals surface area contributed by atoms with Gasteiger partial charge in [0.15, 0.2) is 0 Å². The molecule has 0 aromatic carbocycles. The summed E-state index contributed by atoms with van der Waals surface area (Å²) < 4.78 is 0. The van der Waals surface area contributed by atoms with Gasteiger partial charge < -0.3 is 15.3 Å². The number of nitrogens with one attached hydrogen (secondary N) is 1. The van der Waals surface area contributed by atoms with Gasteiger partial charge in [-0.25, -0.2) is 5.43 Å². The van der Waals surface area contributed by atoms with Gasteiger partial charge in [-0.2, -0.15) is 0 Å². The van der Waals surface area contributed by atoms with Crippen LogP contribution in [0.25, 0.3) is 0 Å². The minimum atomic E-state index is -1.14. The van der Waals surface area contributed by atoms with E-state index >= 15 is 0 Å². The lowest BCUT2D eigenvalue weighted by Crippen LogP contribution is -2.57. The van der Waals surface area contributed by atoms with Crippen LogP contribution in [0.5, 0.6) is 0 Å². The van der Waals surface area contributed by atoms with Gasteiger partial charge in [-0.3, -0.25) is 5.84 Å². The van der Waals surface area contributed by atoms with Gasteiger partial charge in [-0.1, -0.05) is 0 Å². The molecule has 0 aliphatic heterocycles. The Morgan fingerprint density at radius 1 is 1.11 bits per heavy atom. The molecule has 0 unspecified atom stereocenters. The van der Waals surface area contributed by atoms with Gasteiger partial charge in [-0.15, -0.1) is 0 Å². The maximum atomic E-state index is 8.51. The molecule has 0 spiro atoms. The Bertz CT molecular complexity index is 56.7. The third-order valence-electron chi connectivity index (χ3n) is 1.21. The van der Waals surface area contributed by atoms with Crippen molar-refractivity contribution in [3.05, 3.63) is 0 Å². The first-order chi connectivity index (χ1) is 4.24. The van der Waals surface area contributed by atoms with Gasteiger partial charge in [0.1, 0.15) is 5.54 Å². The number of hydrogen-bond acceptors (Lipinski definition) is 5. The molecule has 0 saturated carbocycles. The van der Waals surface area contributed by atoms with Gasteiger partial charge in [0.25, 0.3) is 0 Å². The van der Waals surface area contributed by atoms with Crippen LogP contribution in [0, 0.1) is 0 Å². The van der Waals surface area contributed by atoms with Crippen molar-refractivity contribution in [1.29, 1.82) is 0 Å². The minimum Gasteiger partial charge on any atom is -0.394 e. The van der Waals surface area contributed by atoms with Crippen LogP contribution in [0.4, 0.5) is 0 Å². The second kappa shape index (κ2) is 3.76. The average molecular weight is 136 g/mol. The van der Waals surface area contributed by atoms with E-state index in [1.807, 2.05) is 0 Å². The molecule has 5 heteroatoms. The Kier molecular flexibility index (Phi) is 3.67. The quantitative estimate of drug-likeness (QED) is 0.212. The summed E-state index contributed by atoms with van der Waals surface area (Å²) in [4.78, 5) is 0. The van der Waals surface area contributed by atoms with E-state index in [0.29, 0.717) is 0 Å². The molecule has 0 radical (unpaired) electrons. The molecule has 56 valence electrons. The smallest absolute Gasteiger partial charge is 0.101 e. The number of nitrogens with two attached hydrogens (primary N) is 1. The summed E-state index contributed by atoms with van der Waals surface area (Å²) in [6, 6.07) is 0. The summed E-state index contributed by atoms with van der Waals surface area (Å²) in [5.41, 5.74) is 0.976. The average Bonchev–Trinajstić information content (AvgIpc) is 1.95. The van der Waals surface area contributed by atoms with Crippen LogP contribution >= 0.6 is 0 Å². The Morgan fingerprint density at radius 2 is 1.44 bits per heavy atom. The van der Waals surface area contributed by atoms with E-state index in [2.05, 4.69) is 5.43 Å². The van der Waals surface area contributed by atoms with Crippen molar-refractivity contribution in [2.75, 3.05) is 19.8 Å². The minimum absolute atomic E-state index is 0.392. The van der Waals surface area contributed by atoms with Gasteiger partial charge in [0, 0.05) is 0 Å². The SMILES string of the molecule is NNC(CO)(CO)CO. The summed E-state index contributed by atoms with van der Waals surface area (Å²) in [7, 11) is 0. The second-order valence-electron chi connectivity index (χ2n) is 1.90. The molecular formula is C4H12N2O3. The highest BCUT2D eigenvalue weighted by Crippen LogP contribution is 1.97. The van der Waals surface area contributed by atoms with Crippen LogP contribution in [0.3, 0.4) is 0 Å². The van der Waals surface area contributed by atoms with E-state index in [0.717, 1.165) is 0 Å². The van der Waals surface area contributed by atoms with Crippen molar-refractivity contribution in [2.45, 2.75) is 5.54 Å². The normalized spacial score (nSPS) is 12.0. The molecule has 0 amide bonds. The maximum absolute atomic E-state index is 8.51. The van der Waals surface area contributed by atoms with Crippen molar-refractivity contribution in [2.24, 2.45) is 5.84 Å². The number of rotatable bonds is 4. The molecular weight excluding hydrogens is 124 g/mol. The Morgan fingerprint density at radius 3 is 1.44 bits per heavy atom. The number of hydrazine groups is 1. The zero-order chi connectivity index (χ0) is 7.33.